The van der Waals surface area contributed by atoms with Crippen LogP contribution in [0.5, 0.6) is 0 Å². The van der Waals surface area contributed by atoms with Crippen LogP contribution in [0.25, 0.3) is 0 Å². The maximum Gasteiger partial charge on any atom is 0.0585 e. The minimum atomic E-state index is -0.0373. The lowest BCUT2D eigenvalue weighted by molar-refractivity contribution is 0.195. The second kappa shape index (κ2) is 7.24. The second-order valence-corrected chi connectivity index (χ2v) is 6.08. The predicted octanol–water partition coefficient (Wildman–Crippen LogP) is 2.06. The fourth-order valence-electron chi connectivity index (χ4n) is 1.82. The van der Waals surface area contributed by atoms with Gasteiger partial charge in [0.1, 0.15) is 0 Å². The first-order valence-electron chi connectivity index (χ1n) is 6.21. The minimum Gasteiger partial charge on any atom is -0.396 e. The van der Waals surface area contributed by atoms with E-state index in [0.717, 1.165) is 11.0 Å². The average molecular weight is 316 g/mol. The Kier molecular flexibility index (Phi) is 6.29. The zero-order valence-corrected chi connectivity index (χ0v) is 12.6. The Morgan fingerprint density at radius 2 is 1.83 bits per heavy atom. The highest BCUT2D eigenvalue weighted by Crippen LogP contribution is 2.24. The van der Waals surface area contributed by atoms with Crippen molar-refractivity contribution in [3.8, 4) is 0 Å². The Bertz CT molecular complexity index is 351. The number of benzene rings is 1. The van der Waals surface area contributed by atoms with E-state index >= 15 is 0 Å². The molecular formula is C14H22BrNO2. The van der Waals surface area contributed by atoms with Crippen molar-refractivity contribution in [1.82, 2.24) is 5.32 Å². The lowest BCUT2D eigenvalue weighted by Gasteiger charge is -2.28. The molecule has 0 aliphatic rings. The molecule has 0 aliphatic carbocycles. The van der Waals surface area contributed by atoms with Crippen molar-refractivity contribution >= 4 is 15.9 Å². The first kappa shape index (κ1) is 15.6. The highest BCUT2D eigenvalue weighted by Gasteiger charge is 2.21. The van der Waals surface area contributed by atoms with Crippen molar-refractivity contribution < 1.29 is 10.2 Å². The lowest BCUT2D eigenvalue weighted by Crippen LogP contribution is -2.41. The van der Waals surface area contributed by atoms with Crippen LogP contribution in [-0.2, 0) is 5.41 Å². The highest BCUT2D eigenvalue weighted by atomic mass is 79.9. The molecule has 1 aromatic rings. The van der Waals surface area contributed by atoms with Gasteiger partial charge in [0, 0.05) is 29.1 Å². The van der Waals surface area contributed by atoms with Gasteiger partial charge in [-0.25, -0.2) is 0 Å². The van der Waals surface area contributed by atoms with E-state index in [1.807, 2.05) is 12.1 Å². The van der Waals surface area contributed by atoms with Gasteiger partial charge in [-0.15, -0.1) is 0 Å². The normalized spacial score (nSPS) is 13.6. The van der Waals surface area contributed by atoms with Crippen LogP contribution in [0.4, 0.5) is 0 Å². The Morgan fingerprint density at radius 3 is 2.33 bits per heavy atom. The van der Waals surface area contributed by atoms with Crippen molar-refractivity contribution in [2.75, 3.05) is 19.8 Å². The van der Waals surface area contributed by atoms with E-state index in [9.17, 15) is 5.11 Å². The molecule has 102 valence electrons. The average Bonchev–Trinajstić information content (AvgIpc) is 2.35. The van der Waals surface area contributed by atoms with Crippen molar-refractivity contribution in [3.05, 3.63) is 34.3 Å². The first-order valence-corrected chi connectivity index (χ1v) is 7.00. The smallest absolute Gasteiger partial charge is 0.0585 e. The number of nitrogens with one attached hydrogen (secondary N) is 1. The van der Waals surface area contributed by atoms with Crippen LogP contribution in [0.1, 0.15) is 25.8 Å². The number of halogens is 1. The van der Waals surface area contributed by atoms with Crippen molar-refractivity contribution in [2.45, 2.75) is 31.7 Å². The third-order valence-corrected chi connectivity index (χ3v) is 3.68. The van der Waals surface area contributed by atoms with Crippen LogP contribution in [-0.4, -0.2) is 36.0 Å². The zero-order chi connectivity index (χ0) is 13.6. The van der Waals surface area contributed by atoms with Gasteiger partial charge in [-0.1, -0.05) is 41.9 Å². The topological polar surface area (TPSA) is 52.5 Å². The number of aliphatic hydroxyl groups is 2. The number of hydrogen-bond acceptors (Lipinski definition) is 3. The lowest BCUT2D eigenvalue weighted by atomic mass is 9.84. The van der Waals surface area contributed by atoms with E-state index in [4.69, 9.17) is 5.11 Å². The summed E-state index contributed by atoms with van der Waals surface area (Å²) < 4.78 is 1.07. The molecule has 0 radical (unpaired) electrons. The summed E-state index contributed by atoms with van der Waals surface area (Å²) in [5, 5.41) is 21.4. The molecule has 3 N–H and O–H groups in total. The van der Waals surface area contributed by atoms with Crippen LogP contribution in [0.3, 0.4) is 0 Å². The molecule has 1 unspecified atom stereocenters. The van der Waals surface area contributed by atoms with Gasteiger partial charge < -0.3 is 15.5 Å². The summed E-state index contributed by atoms with van der Waals surface area (Å²) in [5.74, 6) is 0. The summed E-state index contributed by atoms with van der Waals surface area (Å²) in [6.45, 7) is 5.24. The van der Waals surface area contributed by atoms with E-state index in [0.29, 0.717) is 6.42 Å². The Morgan fingerprint density at radius 1 is 1.22 bits per heavy atom. The van der Waals surface area contributed by atoms with Gasteiger partial charge >= 0.3 is 0 Å². The van der Waals surface area contributed by atoms with Crippen LogP contribution in [0.2, 0.25) is 0 Å². The molecule has 3 nitrogen and oxygen atoms in total. The standard InChI is InChI=1S/C14H22BrNO2/c1-14(2,10-16-13(9-18)7-8-17)11-3-5-12(15)6-4-11/h3-6,13,16-18H,7-10H2,1-2H3. The first-order chi connectivity index (χ1) is 8.49. The highest BCUT2D eigenvalue weighted by molar-refractivity contribution is 9.10. The Hall–Kier alpha value is -0.420. The largest absolute Gasteiger partial charge is 0.396 e. The fourth-order valence-corrected chi connectivity index (χ4v) is 2.08. The van der Waals surface area contributed by atoms with Gasteiger partial charge in [0.25, 0.3) is 0 Å². The van der Waals surface area contributed by atoms with Crippen molar-refractivity contribution in [2.24, 2.45) is 0 Å². The molecule has 0 amide bonds. The summed E-state index contributed by atoms with van der Waals surface area (Å²) in [5.41, 5.74) is 1.24. The Labute approximate surface area is 117 Å². The van der Waals surface area contributed by atoms with E-state index < -0.39 is 0 Å². The van der Waals surface area contributed by atoms with E-state index in [1.54, 1.807) is 0 Å². The molecule has 0 saturated carbocycles. The van der Waals surface area contributed by atoms with Crippen molar-refractivity contribution in [1.29, 1.82) is 0 Å². The van der Waals surface area contributed by atoms with Gasteiger partial charge in [-0.05, 0) is 24.1 Å². The van der Waals surface area contributed by atoms with Crippen LogP contribution in [0, 0.1) is 0 Å². The third kappa shape index (κ3) is 4.69. The number of rotatable bonds is 7. The SMILES string of the molecule is CC(C)(CNC(CO)CCO)c1ccc(Br)cc1. The predicted molar refractivity (Wildman–Crippen MR) is 77.7 cm³/mol. The maximum absolute atomic E-state index is 9.18. The van der Waals surface area contributed by atoms with Crippen molar-refractivity contribution in [3.63, 3.8) is 0 Å². The van der Waals surface area contributed by atoms with Crippen LogP contribution < -0.4 is 5.32 Å². The molecule has 18 heavy (non-hydrogen) atoms. The quantitative estimate of drug-likeness (QED) is 0.722. The molecule has 0 spiro atoms. The number of aliphatic hydroxyl groups excluding tert-OH is 2. The molecule has 0 bridgehead atoms. The summed E-state index contributed by atoms with van der Waals surface area (Å²) in [4.78, 5) is 0. The van der Waals surface area contributed by atoms with E-state index in [1.165, 1.54) is 5.56 Å². The molecule has 0 aliphatic heterocycles. The molecule has 1 atom stereocenters. The number of hydrogen-bond donors (Lipinski definition) is 3. The summed E-state index contributed by atoms with van der Waals surface area (Å²) >= 11 is 3.43. The van der Waals surface area contributed by atoms with Gasteiger partial charge in [-0.2, -0.15) is 0 Å². The molecule has 0 heterocycles. The molecular weight excluding hydrogens is 294 g/mol. The third-order valence-electron chi connectivity index (χ3n) is 3.16. The van der Waals surface area contributed by atoms with Gasteiger partial charge in [0.15, 0.2) is 0 Å². The molecule has 4 heteroatoms. The van der Waals surface area contributed by atoms with Gasteiger partial charge in [-0.3, -0.25) is 0 Å². The minimum absolute atomic E-state index is 0.0103. The van der Waals surface area contributed by atoms with Gasteiger partial charge in [0.2, 0.25) is 0 Å². The van der Waals surface area contributed by atoms with E-state index in [-0.39, 0.29) is 24.7 Å². The van der Waals surface area contributed by atoms with Crippen LogP contribution in [0.15, 0.2) is 28.7 Å². The molecule has 1 aromatic carbocycles. The Balaban J connectivity index is 2.60. The zero-order valence-electron chi connectivity index (χ0n) is 11.0. The monoisotopic (exact) mass is 315 g/mol. The summed E-state index contributed by atoms with van der Waals surface area (Å²) in [7, 11) is 0. The van der Waals surface area contributed by atoms with Gasteiger partial charge in [0.05, 0.1) is 6.61 Å². The summed E-state index contributed by atoms with van der Waals surface area (Å²) in [6, 6.07) is 8.24. The molecule has 1 rings (SSSR count). The van der Waals surface area contributed by atoms with Crippen LogP contribution >= 0.6 is 15.9 Å². The molecule has 0 aromatic heterocycles. The van der Waals surface area contributed by atoms with E-state index in [2.05, 4.69) is 47.2 Å². The summed E-state index contributed by atoms with van der Waals surface area (Å²) in [6.07, 6.45) is 0.576. The molecule has 0 saturated heterocycles. The second-order valence-electron chi connectivity index (χ2n) is 5.16. The molecule has 0 fully saturated rings. The maximum atomic E-state index is 9.18. The fraction of sp³-hybridized carbons (Fsp3) is 0.571.